The maximum Gasteiger partial charge on any atom is 0.251 e. The summed E-state index contributed by atoms with van der Waals surface area (Å²) in [5.74, 6) is -0.133. The van der Waals surface area contributed by atoms with Crippen molar-refractivity contribution in [1.29, 1.82) is 0 Å². The molecule has 17 heavy (non-hydrogen) atoms. The molecule has 1 aromatic carbocycles. The normalized spacial score (nSPS) is 23.4. The van der Waals surface area contributed by atoms with Gasteiger partial charge in [-0.25, -0.2) is 0 Å². The largest absolute Gasteiger partial charge is 0.393 e. The van der Waals surface area contributed by atoms with Crippen molar-refractivity contribution >= 4 is 16.9 Å². The van der Waals surface area contributed by atoms with Crippen LogP contribution in [0, 0.1) is 0 Å². The Balaban J connectivity index is 1.76. The topological polar surface area (TPSA) is 90.9 Å². The molecule has 1 saturated carbocycles. The number of aromatic amines is 1. The molecule has 6 heteroatoms. The molecular weight excluding hydrogens is 220 g/mol. The molecule has 0 aliphatic heterocycles. The molecule has 1 aromatic heterocycles. The van der Waals surface area contributed by atoms with Crippen molar-refractivity contribution in [2.75, 3.05) is 0 Å². The molecule has 3 N–H and O–H groups in total. The van der Waals surface area contributed by atoms with Gasteiger partial charge in [-0.05, 0) is 31.0 Å². The Bertz CT molecular complexity index is 559. The molecule has 0 radical (unpaired) electrons. The maximum absolute atomic E-state index is 11.9. The third-order valence-corrected chi connectivity index (χ3v) is 3.03. The molecule has 0 saturated heterocycles. The molecule has 88 valence electrons. The summed E-state index contributed by atoms with van der Waals surface area (Å²) in [6, 6.07) is 5.26. The number of nitrogens with zero attached hydrogens (tertiary/aromatic N) is 2. The number of fused-ring (bicyclic) bond motifs is 1. The Labute approximate surface area is 97.0 Å². The lowest BCUT2D eigenvalue weighted by molar-refractivity contribution is 0.0563. The van der Waals surface area contributed by atoms with Crippen LogP contribution < -0.4 is 5.32 Å². The summed E-state index contributed by atoms with van der Waals surface area (Å²) in [4.78, 5) is 11.9. The molecule has 1 fully saturated rings. The third kappa shape index (κ3) is 1.87. The predicted molar refractivity (Wildman–Crippen MR) is 60.4 cm³/mol. The fraction of sp³-hybridized carbons (Fsp3) is 0.364. The molecule has 1 heterocycles. The minimum atomic E-state index is -0.265. The van der Waals surface area contributed by atoms with Crippen molar-refractivity contribution in [3.05, 3.63) is 23.8 Å². The number of aliphatic hydroxyl groups excluding tert-OH is 1. The molecule has 0 bridgehead atoms. The third-order valence-electron chi connectivity index (χ3n) is 3.03. The minimum absolute atomic E-state index is 0.0884. The zero-order chi connectivity index (χ0) is 11.8. The SMILES string of the molecule is O=C(NC1CC(O)C1)c1ccc2n[nH]nc2c1. The first kappa shape index (κ1) is 10.2. The van der Waals surface area contributed by atoms with Crippen LogP contribution in [-0.4, -0.2) is 38.6 Å². The van der Waals surface area contributed by atoms with E-state index < -0.39 is 0 Å². The van der Waals surface area contributed by atoms with Gasteiger partial charge in [-0.2, -0.15) is 15.4 Å². The van der Waals surface area contributed by atoms with Crippen molar-refractivity contribution in [3.63, 3.8) is 0 Å². The Morgan fingerprint density at radius 1 is 1.35 bits per heavy atom. The van der Waals surface area contributed by atoms with Crippen LogP contribution in [-0.2, 0) is 0 Å². The fourth-order valence-electron chi connectivity index (χ4n) is 1.96. The molecule has 0 unspecified atom stereocenters. The highest BCUT2D eigenvalue weighted by molar-refractivity contribution is 5.97. The molecule has 1 aliphatic rings. The van der Waals surface area contributed by atoms with E-state index in [0.29, 0.717) is 23.9 Å². The maximum atomic E-state index is 11.9. The molecule has 0 spiro atoms. The number of nitrogens with one attached hydrogen (secondary N) is 2. The van der Waals surface area contributed by atoms with Gasteiger partial charge in [0.25, 0.3) is 5.91 Å². The van der Waals surface area contributed by atoms with Crippen LogP contribution in [0.5, 0.6) is 0 Å². The van der Waals surface area contributed by atoms with E-state index in [2.05, 4.69) is 20.7 Å². The first-order valence-electron chi connectivity index (χ1n) is 5.52. The Morgan fingerprint density at radius 2 is 2.12 bits per heavy atom. The number of hydrogen-bond donors (Lipinski definition) is 3. The number of carbonyl (C=O) groups is 1. The number of aromatic nitrogens is 3. The molecule has 2 aromatic rings. The highest BCUT2D eigenvalue weighted by Gasteiger charge is 2.28. The Morgan fingerprint density at radius 3 is 2.88 bits per heavy atom. The zero-order valence-corrected chi connectivity index (χ0v) is 9.05. The summed E-state index contributed by atoms with van der Waals surface area (Å²) < 4.78 is 0. The first-order chi connectivity index (χ1) is 8.22. The van der Waals surface area contributed by atoms with Gasteiger partial charge in [-0.1, -0.05) is 0 Å². The summed E-state index contributed by atoms with van der Waals surface area (Å²) in [5.41, 5.74) is 1.97. The van der Waals surface area contributed by atoms with Crippen LogP contribution in [0.1, 0.15) is 23.2 Å². The van der Waals surface area contributed by atoms with E-state index in [1.54, 1.807) is 18.2 Å². The fourth-order valence-corrected chi connectivity index (χ4v) is 1.96. The lowest BCUT2D eigenvalue weighted by Crippen LogP contribution is -2.46. The van der Waals surface area contributed by atoms with Crippen LogP contribution >= 0.6 is 0 Å². The van der Waals surface area contributed by atoms with E-state index in [9.17, 15) is 4.79 Å². The first-order valence-corrected chi connectivity index (χ1v) is 5.52. The predicted octanol–water partition coefficient (Wildman–Crippen LogP) is 0.211. The quantitative estimate of drug-likeness (QED) is 0.690. The van der Waals surface area contributed by atoms with Gasteiger partial charge in [0.05, 0.1) is 6.10 Å². The molecule has 0 atom stereocenters. The number of amides is 1. The van der Waals surface area contributed by atoms with Gasteiger partial charge in [0.2, 0.25) is 0 Å². The van der Waals surface area contributed by atoms with Crippen molar-refractivity contribution < 1.29 is 9.90 Å². The summed E-state index contributed by atoms with van der Waals surface area (Å²) >= 11 is 0. The van der Waals surface area contributed by atoms with Gasteiger partial charge < -0.3 is 10.4 Å². The van der Waals surface area contributed by atoms with Gasteiger partial charge in [0, 0.05) is 11.6 Å². The van der Waals surface area contributed by atoms with Gasteiger partial charge in [0.1, 0.15) is 11.0 Å². The summed E-state index contributed by atoms with van der Waals surface area (Å²) in [5, 5.41) is 22.4. The molecule has 3 rings (SSSR count). The van der Waals surface area contributed by atoms with Gasteiger partial charge in [-0.15, -0.1) is 0 Å². The average Bonchev–Trinajstić information content (AvgIpc) is 2.73. The smallest absolute Gasteiger partial charge is 0.251 e. The molecule has 1 aliphatic carbocycles. The average molecular weight is 232 g/mol. The van der Waals surface area contributed by atoms with Gasteiger partial charge >= 0.3 is 0 Å². The van der Waals surface area contributed by atoms with Crippen LogP contribution in [0.15, 0.2) is 18.2 Å². The van der Waals surface area contributed by atoms with E-state index in [1.807, 2.05) is 0 Å². The second kappa shape index (κ2) is 3.81. The van der Waals surface area contributed by atoms with Crippen molar-refractivity contribution in [1.82, 2.24) is 20.7 Å². The van der Waals surface area contributed by atoms with E-state index in [0.717, 1.165) is 5.52 Å². The van der Waals surface area contributed by atoms with E-state index >= 15 is 0 Å². The highest BCUT2D eigenvalue weighted by atomic mass is 16.3. The minimum Gasteiger partial charge on any atom is -0.393 e. The van der Waals surface area contributed by atoms with Crippen LogP contribution in [0.3, 0.4) is 0 Å². The van der Waals surface area contributed by atoms with Crippen LogP contribution in [0.25, 0.3) is 11.0 Å². The lowest BCUT2D eigenvalue weighted by Gasteiger charge is -2.31. The van der Waals surface area contributed by atoms with E-state index in [4.69, 9.17) is 5.11 Å². The summed E-state index contributed by atoms with van der Waals surface area (Å²) in [7, 11) is 0. The van der Waals surface area contributed by atoms with Crippen molar-refractivity contribution in [2.24, 2.45) is 0 Å². The number of benzene rings is 1. The number of rotatable bonds is 2. The van der Waals surface area contributed by atoms with Crippen LogP contribution in [0.4, 0.5) is 0 Å². The number of H-pyrrole nitrogens is 1. The van der Waals surface area contributed by atoms with Gasteiger partial charge in [-0.3, -0.25) is 4.79 Å². The molecule has 6 nitrogen and oxygen atoms in total. The summed E-state index contributed by atoms with van der Waals surface area (Å²) in [6.07, 6.45) is 1.01. The number of carbonyl (C=O) groups excluding carboxylic acids is 1. The Hall–Kier alpha value is -1.95. The molecule has 1 amide bonds. The Kier molecular flexibility index (Phi) is 2.29. The number of hydrogen-bond acceptors (Lipinski definition) is 4. The zero-order valence-electron chi connectivity index (χ0n) is 9.05. The molecular formula is C11H12N4O2. The standard InChI is InChI=1S/C11H12N4O2/c16-8-4-7(5-8)12-11(17)6-1-2-9-10(3-6)14-15-13-9/h1-3,7-8,16H,4-5H2,(H,12,17)(H,13,14,15). The van der Waals surface area contributed by atoms with Crippen molar-refractivity contribution in [2.45, 2.75) is 25.0 Å². The number of aliphatic hydroxyl groups is 1. The summed E-state index contributed by atoms with van der Waals surface area (Å²) in [6.45, 7) is 0. The highest BCUT2D eigenvalue weighted by Crippen LogP contribution is 2.20. The van der Waals surface area contributed by atoms with Gasteiger partial charge in [0.15, 0.2) is 0 Å². The van der Waals surface area contributed by atoms with E-state index in [-0.39, 0.29) is 18.1 Å². The van der Waals surface area contributed by atoms with E-state index in [1.165, 1.54) is 0 Å². The van der Waals surface area contributed by atoms with Crippen LogP contribution in [0.2, 0.25) is 0 Å². The second-order valence-electron chi connectivity index (χ2n) is 4.32. The lowest BCUT2D eigenvalue weighted by atomic mass is 9.89. The van der Waals surface area contributed by atoms with Crippen molar-refractivity contribution in [3.8, 4) is 0 Å². The monoisotopic (exact) mass is 232 g/mol. The second-order valence-corrected chi connectivity index (χ2v) is 4.32.